The Labute approximate surface area is 330 Å². The first-order valence-electron chi connectivity index (χ1n) is 17.5. The van der Waals surface area contributed by atoms with Crippen LogP contribution in [-0.4, -0.2) is 42.7 Å². The molecular weight excluding hydrogens is 751 g/mol. The molecule has 0 saturated heterocycles. The number of anilines is 1. The van der Waals surface area contributed by atoms with E-state index in [1.165, 1.54) is 24.3 Å². The van der Waals surface area contributed by atoms with Gasteiger partial charge in [-0.1, -0.05) is 66.2 Å². The van der Waals surface area contributed by atoms with E-state index in [0.717, 1.165) is 33.3 Å². The van der Waals surface area contributed by atoms with Crippen LogP contribution in [0.15, 0.2) is 112 Å². The summed E-state index contributed by atoms with van der Waals surface area (Å²) in [6.07, 6.45) is 0.453. The lowest BCUT2D eigenvalue weighted by Crippen LogP contribution is -2.27. The molecule has 3 N–H and O–H groups in total. The van der Waals surface area contributed by atoms with Gasteiger partial charge in [0.1, 0.15) is 28.6 Å². The number of carboxylic acids is 1. The number of phenolic OH excluding ortho intramolecular Hbond substituents is 1. The predicted molar refractivity (Wildman–Crippen MR) is 219 cm³/mol. The quantitative estimate of drug-likeness (QED) is 0.132. The minimum absolute atomic E-state index is 0.0344. The van der Waals surface area contributed by atoms with Crippen LogP contribution in [0.4, 0.5) is 5.69 Å². The molecule has 56 heavy (non-hydrogen) atoms. The van der Waals surface area contributed by atoms with Crippen LogP contribution in [0.1, 0.15) is 37.4 Å². The van der Waals surface area contributed by atoms with Crippen molar-refractivity contribution in [2.75, 3.05) is 25.5 Å². The van der Waals surface area contributed by atoms with Crippen LogP contribution in [-0.2, 0) is 6.42 Å². The molecule has 0 saturated carbocycles. The van der Waals surface area contributed by atoms with Crippen LogP contribution in [0.25, 0.3) is 45.6 Å². The zero-order valence-electron chi connectivity index (χ0n) is 30.1. The van der Waals surface area contributed by atoms with Gasteiger partial charge in [0.25, 0.3) is 5.91 Å². The molecule has 0 unspecified atom stereocenters. The molecule has 3 aliphatic rings. The summed E-state index contributed by atoms with van der Waals surface area (Å²) >= 11 is 13.8. The van der Waals surface area contributed by atoms with Crippen LogP contribution in [0, 0.1) is 0 Å². The Hall–Kier alpha value is -6.55. The number of aromatic carboxylic acids is 1. The van der Waals surface area contributed by atoms with Gasteiger partial charge in [0.2, 0.25) is 0 Å². The van der Waals surface area contributed by atoms with Gasteiger partial charge in [0, 0.05) is 83.0 Å². The first-order valence-corrected chi connectivity index (χ1v) is 18.3. The molecule has 2 aliphatic heterocycles. The van der Waals surface area contributed by atoms with Gasteiger partial charge in [-0.25, -0.2) is 4.79 Å². The minimum atomic E-state index is -1.35. The smallest absolute Gasteiger partial charge is 0.337 e. The average Bonchev–Trinajstić information content (AvgIpc) is 3.16. The number of carbonyl (C=O) groups excluding carboxylic acids is 1. The average molecular weight is 784 g/mol. The van der Waals surface area contributed by atoms with Gasteiger partial charge in [-0.05, 0) is 71.3 Å². The van der Waals surface area contributed by atoms with Crippen molar-refractivity contribution in [1.82, 2.24) is 5.32 Å². The SMILES string of the molecule is C=c1ccc2c(c1)Oc1cc(N(C)C)ccc1C=2c1c(Cl)cc(C(=O)NCCc2ccc(-c3c4ccc(=O)cc-4oc4cc(O)ccc34)cc2)c(Cl)c1C(=O)O. The molecule has 1 amide bonds. The highest BCUT2D eigenvalue weighted by Gasteiger charge is 2.31. The summed E-state index contributed by atoms with van der Waals surface area (Å²) in [4.78, 5) is 40.6. The lowest BCUT2D eigenvalue weighted by atomic mass is 9.88. The minimum Gasteiger partial charge on any atom is -0.508 e. The second kappa shape index (κ2) is 14.3. The van der Waals surface area contributed by atoms with Crippen LogP contribution < -0.4 is 30.8 Å². The van der Waals surface area contributed by atoms with Crippen molar-refractivity contribution < 1.29 is 29.0 Å². The molecule has 0 radical (unpaired) electrons. The summed E-state index contributed by atoms with van der Waals surface area (Å²) in [5.41, 5.74) is 5.42. The Bertz CT molecular complexity index is 2920. The second-order valence-corrected chi connectivity index (χ2v) is 14.5. The zero-order valence-corrected chi connectivity index (χ0v) is 31.6. The van der Waals surface area contributed by atoms with Gasteiger partial charge < -0.3 is 29.6 Å². The number of halogens is 2. The summed E-state index contributed by atoms with van der Waals surface area (Å²) in [5, 5.41) is 25.4. The molecule has 5 aromatic rings. The normalized spacial score (nSPS) is 11.9. The highest BCUT2D eigenvalue weighted by Crippen LogP contribution is 2.44. The van der Waals surface area contributed by atoms with Crippen molar-refractivity contribution in [1.29, 1.82) is 0 Å². The van der Waals surface area contributed by atoms with Crippen molar-refractivity contribution in [3.05, 3.63) is 162 Å². The number of hydrogen-bond acceptors (Lipinski definition) is 7. The molecule has 0 aromatic heterocycles. The topological polar surface area (TPSA) is 129 Å². The fraction of sp³-hybridized carbons (Fsp3) is 0.0889. The van der Waals surface area contributed by atoms with Crippen molar-refractivity contribution in [3.63, 3.8) is 0 Å². The Kier molecular flexibility index (Phi) is 9.28. The van der Waals surface area contributed by atoms with E-state index in [1.807, 2.05) is 61.5 Å². The van der Waals surface area contributed by atoms with Crippen molar-refractivity contribution >= 4 is 63.9 Å². The van der Waals surface area contributed by atoms with E-state index in [0.29, 0.717) is 50.8 Å². The number of nitrogens with one attached hydrogen (secondary N) is 1. The number of benzene rings is 6. The second-order valence-electron chi connectivity index (χ2n) is 13.7. The highest BCUT2D eigenvalue weighted by molar-refractivity contribution is 6.40. The maximum Gasteiger partial charge on any atom is 0.337 e. The molecule has 1 aliphatic carbocycles. The summed E-state index contributed by atoms with van der Waals surface area (Å²) < 4.78 is 12.2. The van der Waals surface area contributed by atoms with Crippen LogP contribution in [0.3, 0.4) is 0 Å². The van der Waals surface area contributed by atoms with Crippen LogP contribution in [0.5, 0.6) is 17.2 Å². The predicted octanol–water partition coefficient (Wildman–Crippen LogP) is 8.08. The van der Waals surface area contributed by atoms with Crippen LogP contribution in [0.2, 0.25) is 10.0 Å². The van der Waals surface area contributed by atoms with Crippen molar-refractivity contribution in [3.8, 4) is 39.7 Å². The number of phenols is 1. The Morgan fingerprint density at radius 3 is 2.36 bits per heavy atom. The third kappa shape index (κ3) is 6.51. The molecule has 9 nitrogen and oxygen atoms in total. The van der Waals surface area contributed by atoms with E-state index in [9.17, 15) is 24.6 Å². The Morgan fingerprint density at radius 1 is 0.839 bits per heavy atom. The molecule has 5 aromatic carbocycles. The van der Waals surface area contributed by atoms with Crippen molar-refractivity contribution in [2.45, 2.75) is 6.42 Å². The first-order chi connectivity index (χ1) is 26.9. The molecular formula is C45H32Cl2N2O7. The zero-order chi connectivity index (χ0) is 39.4. The molecule has 2 heterocycles. The maximum atomic E-state index is 13.6. The van der Waals surface area contributed by atoms with Gasteiger partial charge in [-0.15, -0.1) is 0 Å². The number of carboxylic acid groups (broad SMARTS) is 1. The monoisotopic (exact) mass is 782 g/mol. The third-order valence-corrected chi connectivity index (χ3v) is 10.5. The summed E-state index contributed by atoms with van der Waals surface area (Å²) in [6.45, 7) is 4.24. The van der Waals surface area contributed by atoms with E-state index in [4.69, 9.17) is 32.4 Å². The van der Waals surface area contributed by atoms with E-state index >= 15 is 0 Å². The van der Waals surface area contributed by atoms with Gasteiger partial charge >= 0.3 is 5.97 Å². The molecule has 0 fully saturated rings. The van der Waals surface area contributed by atoms with Gasteiger partial charge in [0.15, 0.2) is 5.43 Å². The van der Waals surface area contributed by atoms with E-state index in [2.05, 4.69) is 11.9 Å². The Balaban J connectivity index is 1.08. The van der Waals surface area contributed by atoms with Crippen molar-refractivity contribution in [2.24, 2.45) is 0 Å². The first kappa shape index (κ1) is 36.4. The number of amides is 1. The largest absolute Gasteiger partial charge is 0.508 e. The number of aromatic hydroxyl groups is 1. The van der Waals surface area contributed by atoms with Gasteiger partial charge in [-0.2, -0.15) is 0 Å². The van der Waals surface area contributed by atoms with E-state index in [1.54, 1.807) is 36.4 Å². The fourth-order valence-corrected chi connectivity index (χ4v) is 7.74. The molecule has 8 rings (SSSR count). The molecule has 0 atom stereocenters. The van der Waals surface area contributed by atoms with Crippen LogP contribution >= 0.6 is 23.2 Å². The summed E-state index contributed by atoms with van der Waals surface area (Å²) in [5.74, 6) is -0.495. The number of ether oxygens (including phenoxy) is 1. The number of hydrogen-bond donors (Lipinski definition) is 3. The highest BCUT2D eigenvalue weighted by atomic mass is 35.5. The lowest BCUT2D eigenvalue weighted by Gasteiger charge is -2.25. The number of fused-ring (bicyclic) bond motifs is 4. The molecule has 11 heteroatoms. The number of rotatable bonds is 8. The third-order valence-electron chi connectivity index (χ3n) is 9.83. The molecule has 0 bridgehead atoms. The standard InChI is InChI=1S/C45H32Cl2N2O7/c1-23-4-12-31-35(18-23)55-36-19-26(49(2)3)9-13-32(36)40(31)41-34(46)22-33(43(47)42(41)45(53)54)44(52)48-17-16-24-5-7-25(8-6-24)39-29-14-10-27(50)20-37(29)56-38-21-28(51)11-15-30(38)39/h4-15,18-22,50H,1,16-17H2,2-3H3,(H,48,52)(H,53,54). The summed E-state index contributed by atoms with van der Waals surface area (Å²) in [6, 6.07) is 29.6. The lowest BCUT2D eigenvalue weighted by molar-refractivity contribution is 0.0696. The molecule has 278 valence electrons. The van der Waals surface area contributed by atoms with E-state index < -0.39 is 11.9 Å². The summed E-state index contributed by atoms with van der Waals surface area (Å²) in [7, 11) is 3.81. The van der Waals surface area contributed by atoms with Gasteiger partial charge in [-0.3, -0.25) is 9.59 Å². The maximum absolute atomic E-state index is 13.6. The number of nitrogens with zero attached hydrogens (tertiary/aromatic N) is 1. The van der Waals surface area contributed by atoms with E-state index in [-0.39, 0.29) is 44.5 Å². The Morgan fingerprint density at radius 2 is 1.61 bits per heavy atom. The number of carbonyl (C=O) groups is 2. The fourth-order valence-electron chi connectivity index (χ4n) is 7.13. The van der Waals surface area contributed by atoms with Gasteiger partial charge in [0.05, 0.1) is 21.2 Å². The molecule has 0 spiro atoms.